The molecule has 0 aliphatic carbocycles. The molecule has 14 heteroatoms. The first-order chi connectivity index (χ1) is 20.3. The van der Waals surface area contributed by atoms with E-state index in [4.69, 9.17) is 14.2 Å². The highest BCUT2D eigenvalue weighted by Gasteiger charge is 2.35. The molecular weight excluding hydrogens is 569 g/mol. The predicted octanol–water partition coefficient (Wildman–Crippen LogP) is 4.97. The van der Waals surface area contributed by atoms with E-state index in [1.807, 2.05) is 59.7 Å². The Morgan fingerprint density at radius 1 is 1.00 bits per heavy atom. The number of methoxy groups -OCH3 is 2. The quantitative estimate of drug-likeness (QED) is 0.319. The number of aromatic nitrogens is 4. The Morgan fingerprint density at radius 2 is 1.67 bits per heavy atom. The molecule has 11 nitrogen and oxygen atoms in total. The van der Waals surface area contributed by atoms with Gasteiger partial charge in [0.05, 0.1) is 38.3 Å². The molecule has 0 radical (unpaired) electrons. The predicted molar refractivity (Wildman–Crippen MR) is 150 cm³/mol. The fourth-order valence-electron chi connectivity index (χ4n) is 4.71. The third-order valence-corrected chi connectivity index (χ3v) is 6.81. The first-order valence-corrected chi connectivity index (χ1v) is 13.4. The number of hydrogen-bond acceptors (Lipinski definition) is 7. The number of alkyl halides is 3. The second kappa shape index (κ2) is 11.2. The lowest BCUT2D eigenvalue weighted by Gasteiger charge is -2.39. The standard InChI is InChI=1S/C29H31F3N6O5/c1-28(2,3)43-27(40)36-14-20(15-36)38-13-19(11-35-38)17-6-7-37-21(12-33-24(37)10-17)18-8-22(41-4)25(23(9-18)42-5)26(39)34-16-29(30,31)32/h6-13,20H,14-16H2,1-5H3,(H,34,39). The van der Waals surface area contributed by atoms with Gasteiger partial charge in [0.1, 0.15) is 34.9 Å². The molecule has 5 rings (SSSR count). The number of fused-ring (bicyclic) bond motifs is 1. The van der Waals surface area contributed by atoms with E-state index in [1.165, 1.54) is 14.2 Å². The molecule has 1 aliphatic rings. The number of carbonyl (C=O) groups excluding carboxylic acids is 2. The number of rotatable bonds is 7. The van der Waals surface area contributed by atoms with Crippen molar-refractivity contribution in [2.24, 2.45) is 0 Å². The van der Waals surface area contributed by atoms with E-state index in [9.17, 15) is 22.8 Å². The largest absolute Gasteiger partial charge is 0.496 e. The van der Waals surface area contributed by atoms with Crippen LogP contribution >= 0.6 is 0 Å². The Morgan fingerprint density at radius 3 is 2.28 bits per heavy atom. The van der Waals surface area contributed by atoms with Gasteiger partial charge in [0.15, 0.2) is 0 Å². The summed E-state index contributed by atoms with van der Waals surface area (Å²) in [5, 5.41) is 6.34. The molecule has 1 N–H and O–H groups in total. The molecule has 1 fully saturated rings. The molecule has 0 saturated carbocycles. The summed E-state index contributed by atoms with van der Waals surface area (Å²) in [5.74, 6) is -0.871. The molecule has 228 valence electrons. The smallest absolute Gasteiger partial charge is 0.410 e. The number of nitrogens with one attached hydrogen (secondary N) is 1. The van der Waals surface area contributed by atoms with Gasteiger partial charge in [-0.15, -0.1) is 0 Å². The van der Waals surface area contributed by atoms with Crippen LogP contribution in [0, 0.1) is 0 Å². The van der Waals surface area contributed by atoms with Crippen molar-refractivity contribution >= 4 is 17.6 Å². The van der Waals surface area contributed by atoms with Crippen molar-refractivity contribution < 1.29 is 37.0 Å². The minimum Gasteiger partial charge on any atom is -0.496 e. The molecule has 4 aromatic rings. The molecule has 0 bridgehead atoms. The Bertz CT molecular complexity index is 1640. The van der Waals surface area contributed by atoms with Crippen molar-refractivity contribution in [3.05, 3.63) is 54.6 Å². The summed E-state index contributed by atoms with van der Waals surface area (Å²) >= 11 is 0. The van der Waals surface area contributed by atoms with Crippen LogP contribution in [0.3, 0.4) is 0 Å². The van der Waals surface area contributed by atoms with Gasteiger partial charge in [-0.05, 0) is 50.6 Å². The van der Waals surface area contributed by atoms with Crippen LogP contribution in [-0.4, -0.2) is 81.7 Å². The van der Waals surface area contributed by atoms with Gasteiger partial charge in [0.25, 0.3) is 5.91 Å². The number of ether oxygens (including phenoxy) is 3. The van der Waals surface area contributed by atoms with Gasteiger partial charge < -0.3 is 24.4 Å². The number of imidazole rings is 1. The SMILES string of the molecule is COc1cc(-c2cnc3cc(-c4cnn(C5CN(C(=O)OC(C)(C)C)C5)c4)ccn23)cc(OC)c1C(=O)NCC(F)(F)F. The fraction of sp³-hybridized carbons (Fsp3) is 0.379. The van der Waals surface area contributed by atoms with Crippen LogP contribution in [0.4, 0.5) is 18.0 Å². The van der Waals surface area contributed by atoms with Crippen molar-refractivity contribution in [2.45, 2.75) is 38.6 Å². The van der Waals surface area contributed by atoms with Gasteiger partial charge in [-0.2, -0.15) is 18.3 Å². The molecule has 0 spiro atoms. The number of likely N-dealkylation sites (tertiary alicyclic amines) is 1. The Labute approximate surface area is 245 Å². The molecule has 2 amide bonds. The summed E-state index contributed by atoms with van der Waals surface area (Å²) in [6.45, 7) is 5.02. The second-order valence-electron chi connectivity index (χ2n) is 11.1. The summed E-state index contributed by atoms with van der Waals surface area (Å²) in [6.07, 6.45) is 2.24. The van der Waals surface area contributed by atoms with E-state index in [0.29, 0.717) is 30.0 Å². The maximum Gasteiger partial charge on any atom is 0.410 e. The third-order valence-electron chi connectivity index (χ3n) is 6.81. The summed E-state index contributed by atoms with van der Waals surface area (Å²) in [5.41, 5.74) is 2.91. The average Bonchev–Trinajstić information content (AvgIpc) is 3.56. The highest BCUT2D eigenvalue weighted by atomic mass is 19.4. The first kappa shape index (κ1) is 29.7. The molecule has 43 heavy (non-hydrogen) atoms. The van der Waals surface area contributed by atoms with Crippen molar-refractivity contribution in [1.82, 2.24) is 29.4 Å². The normalized spacial score (nSPS) is 14.0. The van der Waals surface area contributed by atoms with Crippen LogP contribution in [0.5, 0.6) is 11.5 Å². The highest BCUT2D eigenvalue weighted by molar-refractivity contribution is 6.00. The van der Waals surface area contributed by atoms with Gasteiger partial charge in [0.2, 0.25) is 0 Å². The average molecular weight is 601 g/mol. The minimum atomic E-state index is -4.57. The van der Waals surface area contributed by atoms with E-state index >= 15 is 0 Å². The van der Waals surface area contributed by atoms with Gasteiger partial charge in [-0.1, -0.05) is 0 Å². The number of pyridine rings is 1. The number of halogens is 3. The van der Waals surface area contributed by atoms with Crippen LogP contribution < -0.4 is 14.8 Å². The van der Waals surface area contributed by atoms with Gasteiger partial charge in [-0.25, -0.2) is 9.78 Å². The second-order valence-corrected chi connectivity index (χ2v) is 11.1. The summed E-state index contributed by atoms with van der Waals surface area (Å²) in [4.78, 5) is 31.0. The van der Waals surface area contributed by atoms with E-state index in [0.717, 1.165) is 11.1 Å². The lowest BCUT2D eigenvalue weighted by molar-refractivity contribution is -0.123. The van der Waals surface area contributed by atoms with Gasteiger partial charge >= 0.3 is 12.3 Å². The first-order valence-electron chi connectivity index (χ1n) is 13.4. The van der Waals surface area contributed by atoms with Crippen molar-refractivity contribution in [1.29, 1.82) is 0 Å². The van der Waals surface area contributed by atoms with Crippen LogP contribution in [0.1, 0.15) is 37.2 Å². The maximum atomic E-state index is 12.7. The lowest BCUT2D eigenvalue weighted by atomic mass is 10.1. The number of benzene rings is 1. The highest BCUT2D eigenvalue weighted by Crippen LogP contribution is 2.36. The zero-order valence-corrected chi connectivity index (χ0v) is 24.2. The number of carbonyl (C=O) groups is 2. The topological polar surface area (TPSA) is 112 Å². The van der Waals surface area contributed by atoms with Crippen molar-refractivity contribution in [2.75, 3.05) is 33.9 Å². The molecule has 1 saturated heterocycles. The number of hydrogen-bond donors (Lipinski definition) is 1. The van der Waals surface area contributed by atoms with Crippen LogP contribution in [0.25, 0.3) is 28.0 Å². The van der Waals surface area contributed by atoms with Crippen LogP contribution in [0.2, 0.25) is 0 Å². The van der Waals surface area contributed by atoms with Crippen LogP contribution in [0.15, 0.2) is 49.1 Å². The monoisotopic (exact) mass is 600 g/mol. The molecule has 0 atom stereocenters. The van der Waals surface area contributed by atoms with E-state index in [-0.39, 0.29) is 29.2 Å². The zero-order valence-electron chi connectivity index (χ0n) is 24.2. The van der Waals surface area contributed by atoms with Crippen LogP contribution in [-0.2, 0) is 4.74 Å². The summed E-state index contributed by atoms with van der Waals surface area (Å²) in [6, 6.07) is 6.94. The van der Waals surface area contributed by atoms with Crippen molar-refractivity contribution in [3.8, 4) is 33.9 Å². The zero-order chi connectivity index (χ0) is 31.1. The maximum absolute atomic E-state index is 12.7. The minimum absolute atomic E-state index is 0.0477. The number of nitrogens with zero attached hydrogens (tertiary/aromatic N) is 5. The van der Waals surface area contributed by atoms with E-state index in [2.05, 4.69) is 10.1 Å². The molecule has 1 aromatic carbocycles. The van der Waals surface area contributed by atoms with E-state index < -0.39 is 24.2 Å². The molecule has 4 heterocycles. The molecular formula is C29H31F3N6O5. The molecule has 0 unspecified atom stereocenters. The lowest BCUT2D eigenvalue weighted by Crippen LogP contribution is -2.52. The Hall–Kier alpha value is -4.75. The third kappa shape index (κ3) is 6.37. The molecule has 1 aliphatic heterocycles. The van der Waals surface area contributed by atoms with Gasteiger partial charge in [0, 0.05) is 36.6 Å². The van der Waals surface area contributed by atoms with Crippen molar-refractivity contribution in [3.63, 3.8) is 0 Å². The number of amides is 2. The van der Waals surface area contributed by atoms with E-state index in [1.54, 1.807) is 29.4 Å². The molecule has 3 aromatic heterocycles. The Balaban J connectivity index is 1.35. The Kier molecular flexibility index (Phi) is 7.71. The summed E-state index contributed by atoms with van der Waals surface area (Å²) in [7, 11) is 2.64. The van der Waals surface area contributed by atoms with Gasteiger partial charge in [-0.3, -0.25) is 13.9 Å². The fourth-order valence-corrected chi connectivity index (χ4v) is 4.71. The summed E-state index contributed by atoms with van der Waals surface area (Å²) < 4.78 is 57.8.